The second kappa shape index (κ2) is 5.12. The van der Waals surface area contributed by atoms with Crippen molar-refractivity contribution in [2.45, 2.75) is 12.5 Å². The van der Waals surface area contributed by atoms with Crippen LogP contribution < -0.4 is 0 Å². The normalized spacial score (nSPS) is 12.7. The molecule has 1 aromatic carbocycles. The lowest BCUT2D eigenvalue weighted by Crippen LogP contribution is -2.04. The minimum atomic E-state index is -0.561. The maximum Gasteiger partial charge on any atom is 0.108 e. The van der Waals surface area contributed by atoms with Crippen LogP contribution in [-0.4, -0.2) is 15.1 Å². The van der Waals surface area contributed by atoms with Crippen molar-refractivity contribution in [2.24, 2.45) is 0 Å². The number of nitrogens with zero attached hydrogens (tertiary/aromatic N) is 1. The van der Waals surface area contributed by atoms with E-state index in [1.54, 1.807) is 12.4 Å². The number of nitrogens with one attached hydrogen (secondary N) is 1. The molecule has 0 saturated carbocycles. The molecule has 2 aromatic rings. The molecule has 5 heteroatoms. The van der Waals surface area contributed by atoms with Gasteiger partial charge in [-0.2, -0.15) is 0 Å². The highest BCUT2D eigenvalue weighted by Crippen LogP contribution is 2.28. The summed E-state index contributed by atoms with van der Waals surface area (Å²) in [5.41, 5.74) is 0.861. The number of H-pyrrole nitrogens is 1. The highest BCUT2D eigenvalue weighted by atomic mass is 79.9. The van der Waals surface area contributed by atoms with Crippen LogP contribution in [0.1, 0.15) is 17.5 Å². The average Bonchev–Trinajstić information content (AvgIpc) is 2.70. The largest absolute Gasteiger partial charge is 0.388 e. The SMILES string of the molecule is OC(Cc1ncc[nH]1)c1ccc(Br)cc1Br. The Morgan fingerprint density at radius 1 is 1.38 bits per heavy atom. The van der Waals surface area contributed by atoms with E-state index in [0.29, 0.717) is 6.42 Å². The molecule has 84 valence electrons. The van der Waals surface area contributed by atoms with Crippen molar-refractivity contribution in [3.05, 3.63) is 50.9 Å². The second-order valence-corrected chi connectivity index (χ2v) is 5.19. The fourth-order valence-electron chi connectivity index (χ4n) is 1.47. The summed E-state index contributed by atoms with van der Waals surface area (Å²) in [4.78, 5) is 7.06. The van der Waals surface area contributed by atoms with Crippen molar-refractivity contribution in [3.63, 3.8) is 0 Å². The number of aliphatic hydroxyl groups is 1. The maximum absolute atomic E-state index is 10.1. The molecule has 1 aromatic heterocycles. The average molecular weight is 346 g/mol. The monoisotopic (exact) mass is 344 g/mol. The molecule has 16 heavy (non-hydrogen) atoms. The number of aliphatic hydroxyl groups excluding tert-OH is 1. The molecule has 0 aliphatic rings. The fraction of sp³-hybridized carbons (Fsp3) is 0.182. The predicted molar refractivity (Wildman–Crippen MR) is 69.1 cm³/mol. The first-order valence-corrected chi connectivity index (χ1v) is 6.36. The highest BCUT2D eigenvalue weighted by molar-refractivity contribution is 9.11. The number of hydrogen-bond donors (Lipinski definition) is 2. The molecule has 3 nitrogen and oxygen atoms in total. The number of aromatic amines is 1. The van der Waals surface area contributed by atoms with Gasteiger partial charge in [-0.25, -0.2) is 4.98 Å². The first-order chi connectivity index (χ1) is 7.66. The molecule has 1 heterocycles. The number of halogens is 2. The molecule has 0 aliphatic carbocycles. The Morgan fingerprint density at radius 3 is 2.81 bits per heavy atom. The molecule has 0 amide bonds. The first-order valence-electron chi connectivity index (χ1n) is 4.78. The third kappa shape index (κ3) is 2.72. The molecule has 0 fully saturated rings. The van der Waals surface area contributed by atoms with Gasteiger partial charge in [-0.1, -0.05) is 37.9 Å². The quantitative estimate of drug-likeness (QED) is 0.897. The summed E-state index contributed by atoms with van der Waals surface area (Å²) in [5.74, 6) is 0.780. The Labute approximate surface area is 110 Å². The Bertz CT molecular complexity index is 471. The van der Waals surface area contributed by atoms with Crippen LogP contribution >= 0.6 is 31.9 Å². The van der Waals surface area contributed by atoms with E-state index in [4.69, 9.17) is 0 Å². The highest BCUT2D eigenvalue weighted by Gasteiger charge is 2.13. The van der Waals surface area contributed by atoms with Gasteiger partial charge in [-0.15, -0.1) is 0 Å². The summed E-state index contributed by atoms with van der Waals surface area (Å²) in [6, 6.07) is 5.72. The van der Waals surface area contributed by atoms with Gasteiger partial charge in [0, 0.05) is 27.8 Å². The molecule has 0 bridgehead atoms. The lowest BCUT2D eigenvalue weighted by molar-refractivity contribution is 0.175. The Morgan fingerprint density at radius 2 is 2.19 bits per heavy atom. The van der Waals surface area contributed by atoms with E-state index in [9.17, 15) is 5.11 Å². The molecule has 2 rings (SSSR count). The van der Waals surface area contributed by atoms with Crippen LogP contribution in [0.25, 0.3) is 0 Å². The number of benzene rings is 1. The van der Waals surface area contributed by atoms with Crippen LogP contribution in [0.15, 0.2) is 39.5 Å². The lowest BCUT2D eigenvalue weighted by atomic mass is 10.1. The number of aromatic nitrogens is 2. The van der Waals surface area contributed by atoms with Gasteiger partial charge in [0.05, 0.1) is 6.10 Å². The Balaban J connectivity index is 2.17. The van der Waals surface area contributed by atoms with E-state index in [1.165, 1.54) is 0 Å². The van der Waals surface area contributed by atoms with E-state index in [0.717, 1.165) is 20.3 Å². The molecule has 0 saturated heterocycles. The minimum Gasteiger partial charge on any atom is -0.388 e. The van der Waals surface area contributed by atoms with Crippen molar-refractivity contribution in [2.75, 3.05) is 0 Å². The Hall–Kier alpha value is -0.650. The molecule has 0 radical (unpaired) electrons. The zero-order chi connectivity index (χ0) is 11.5. The smallest absolute Gasteiger partial charge is 0.108 e. The minimum absolute atomic E-state index is 0.479. The Kier molecular flexibility index (Phi) is 3.78. The van der Waals surface area contributed by atoms with Gasteiger partial charge >= 0.3 is 0 Å². The third-order valence-corrected chi connectivity index (χ3v) is 3.44. The summed E-state index contributed by atoms with van der Waals surface area (Å²) in [5, 5.41) is 10.1. The summed E-state index contributed by atoms with van der Waals surface area (Å²) in [6.45, 7) is 0. The predicted octanol–water partition coefficient (Wildman–Crippen LogP) is 3.21. The molecular formula is C11H10Br2N2O. The van der Waals surface area contributed by atoms with Gasteiger partial charge in [-0.3, -0.25) is 0 Å². The summed E-state index contributed by atoms with van der Waals surface area (Å²) in [7, 11) is 0. The lowest BCUT2D eigenvalue weighted by Gasteiger charge is -2.11. The van der Waals surface area contributed by atoms with Crippen molar-refractivity contribution < 1.29 is 5.11 Å². The van der Waals surface area contributed by atoms with Crippen LogP contribution in [0.2, 0.25) is 0 Å². The molecule has 2 N–H and O–H groups in total. The van der Waals surface area contributed by atoms with Gasteiger partial charge < -0.3 is 10.1 Å². The van der Waals surface area contributed by atoms with Crippen molar-refractivity contribution in [3.8, 4) is 0 Å². The van der Waals surface area contributed by atoms with Crippen LogP contribution in [0.5, 0.6) is 0 Å². The van der Waals surface area contributed by atoms with Crippen molar-refractivity contribution in [1.29, 1.82) is 0 Å². The number of imidazole rings is 1. The molecule has 1 unspecified atom stereocenters. The zero-order valence-electron chi connectivity index (χ0n) is 8.32. The van der Waals surface area contributed by atoms with E-state index >= 15 is 0 Å². The van der Waals surface area contributed by atoms with Crippen LogP contribution in [0.4, 0.5) is 0 Å². The van der Waals surface area contributed by atoms with Gasteiger partial charge in [-0.05, 0) is 17.7 Å². The zero-order valence-corrected chi connectivity index (χ0v) is 11.5. The first kappa shape index (κ1) is 11.8. The summed E-state index contributed by atoms with van der Waals surface area (Å²) < 4.78 is 1.87. The topological polar surface area (TPSA) is 48.9 Å². The van der Waals surface area contributed by atoms with Crippen molar-refractivity contribution in [1.82, 2.24) is 9.97 Å². The van der Waals surface area contributed by atoms with Crippen LogP contribution in [0.3, 0.4) is 0 Å². The maximum atomic E-state index is 10.1. The van der Waals surface area contributed by atoms with E-state index in [1.807, 2.05) is 18.2 Å². The number of rotatable bonds is 3. The van der Waals surface area contributed by atoms with Gasteiger partial charge in [0.2, 0.25) is 0 Å². The molecular weight excluding hydrogens is 336 g/mol. The van der Waals surface area contributed by atoms with E-state index in [-0.39, 0.29) is 0 Å². The molecule has 1 atom stereocenters. The van der Waals surface area contributed by atoms with Crippen LogP contribution in [-0.2, 0) is 6.42 Å². The van der Waals surface area contributed by atoms with E-state index < -0.39 is 6.10 Å². The van der Waals surface area contributed by atoms with Gasteiger partial charge in [0.25, 0.3) is 0 Å². The fourth-order valence-corrected chi connectivity index (χ4v) is 2.79. The summed E-state index contributed by atoms with van der Waals surface area (Å²) >= 11 is 6.81. The standard InChI is InChI=1S/C11H10Br2N2O/c12-7-1-2-8(9(13)5-7)10(16)6-11-14-3-4-15-11/h1-5,10,16H,6H2,(H,14,15). The van der Waals surface area contributed by atoms with Gasteiger partial charge in [0.15, 0.2) is 0 Å². The van der Waals surface area contributed by atoms with Crippen LogP contribution in [0, 0.1) is 0 Å². The third-order valence-electron chi connectivity index (χ3n) is 2.26. The molecule has 0 spiro atoms. The molecule has 0 aliphatic heterocycles. The second-order valence-electron chi connectivity index (χ2n) is 3.42. The number of hydrogen-bond acceptors (Lipinski definition) is 2. The van der Waals surface area contributed by atoms with Gasteiger partial charge in [0.1, 0.15) is 5.82 Å². The summed E-state index contributed by atoms with van der Waals surface area (Å²) in [6.07, 6.45) is 3.35. The van der Waals surface area contributed by atoms with Crippen molar-refractivity contribution >= 4 is 31.9 Å². The van der Waals surface area contributed by atoms with E-state index in [2.05, 4.69) is 41.8 Å².